The van der Waals surface area contributed by atoms with Crippen molar-refractivity contribution in [2.24, 2.45) is 5.73 Å². The molecule has 0 spiro atoms. The Morgan fingerprint density at radius 2 is 1.86 bits per heavy atom. The number of carbonyl (C=O) groups is 2. The molecule has 106 valence electrons. The van der Waals surface area contributed by atoms with E-state index in [1.54, 1.807) is 11.0 Å². The van der Waals surface area contributed by atoms with Crippen molar-refractivity contribution in [1.29, 1.82) is 0 Å². The molecule has 5 nitrogen and oxygen atoms in total. The van der Waals surface area contributed by atoms with Gasteiger partial charge in [0.25, 0.3) is 11.8 Å². The topological polar surface area (TPSA) is 76.3 Å². The van der Waals surface area contributed by atoms with E-state index in [4.69, 9.17) is 5.73 Å². The summed E-state index contributed by atoms with van der Waals surface area (Å²) in [5.74, 6) is -0.672. The Bertz CT molecular complexity index is 695. The predicted molar refractivity (Wildman–Crippen MR) is 77.6 cm³/mol. The zero-order chi connectivity index (χ0) is 14.8. The van der Waals surface area contributed by atoms with Gasteiger partial charge in [-0.15, -0.1) is 0 Å². The number of carbonyl (C=O) groups excluding carboxylic acids is 2. The molecule has 0 aliphatic carbocycles. The van der Waals surface area contributed by atoms with Gasteiger partial charge in [-0.2, -0.15) is 0 Å². The van der Waals surface area contributed by atoms with Gasteiger partial charge >= 0.3 is 0 Å². The lowest BCUT2D eigenvalue weighted by atomic mass is 9.99. The van der Waals surface area contributed by atoms with Crippen molar-refractivity contribution in [3.05, 3.63) is 65.0 Å². The highest BCUT2D eigenvalue weighted by atomic mass is 16.2. The van der Waals surface area contributed by atoms with E-state index in [1.165, 1.54) is 23.4 Å². The van der Waals surface area contributed by atoms with E-state index in [2.05, 4.69) is 11.1 Å². The summed E-state index contributed by atoms with van der Waals surface area (Å²) in [5.41, 5.74) is 8.25. The van der Waals surface area contributed by atoms with Gasteiger partial charge in [0.1, 0.15) is 5.69 Å². The van der Waals surface area contributed by atoms with Crippen molar-refractivity contribution in [3.8, 4) is 0 Å². The maximum absolute atomic E-state index is 12.5. The maximum atomic E-state index is 12.5. The highest BCUT2D eigenvalue weighted by Crippen LogP contribution is 2.20. The van der Waals surface area contributed by atoms with Crippen molar-refractivity contribution in [1.82, 2.24) is 9.88 Å². The molecular weight excluding hydrogens is 266 g/mol. The molecule has 1 aromatic carbocycles. The van der Waals surface area contributed by atoms with Gasteiger partial charge in [0.15, 0.2) is 0 Å². The van der Waals surface area contributed by atoms with Crippen LogP contribution in [0.2, 0.25) is 0 Å². The molecule has 5 heteroatoms. The number of benzene rings is 1. The van der Waals surface area contributed by atoms with E-state index in [9.17, 15) is 9.59 Å². The Balaban J connectivity index is 1.79. The van der Waals surface area contributed by atoms with Crippen molar-refractivity contribution < 1.29 is 9.59 Å². The largest absolute Gasteiger partial charge is 0.364 e. The minimum atomic E-state index is -0.596. The van der Waals surface area contributed by atoms with Gasteiger partial charge in [0, 0.05) is 19.3 Å². The molecule has 1 aliphatic rings. The summed E-state index contributed by atoms with van der Waals surface area (Å²) < 4.78 is 0. The molecule has 0 unspecified atom stereocenters. The van der Waals surface area contributed by atoms with Crippen molar-refractivity contribution >= 4 is 11.8 Å². The third-order valence-electron chi connectivity index (χ3n) is 3.68. The van der Waals surface area contributed by atoms with E-state index in [0.29, 0.717) is 18.7 Å². The number of pyridine rings is 1. The van der Waals surface area contributed by atoms with Crippen LogP contribution in [0.4, 0.5) is 0 Å². The Labute approximate surface area is 122 Å². The number of amides is 2. The Morgan fingerprint density at radius 3 is 2.52 bits per heavy atom. The number of hydrogen-bond donors (Lipinski definition) is 1. The monoisotopic (exact) mass is 281 g/mol. The Morgan fingerprint density at radius 1 is 1.10 bits per heavy atom. The second-order valence-electron chi connectivity index (χ2n) is 5.04. The van der Waals surface area contributed by atoms with Crippen LogP contribution in [0.5, 0.6) is 0 Å². The molecule has 0 bridgehead atoms. The van der Waals surface area contributed by atoms with Gasteiger partial charge in [0.2, 0.25) is 0 Å². The highest BCUT2D eigenvalue weighted by Gasteiger charge is 2.21. The first-order valence-electron chi connectivity index (χ1n) is 6.77. The fraction of sp³-hybridized carbons (Fsp3) is 0.188. The molecule has 0 saturated carbocycles. The molecule has 0 radical (unpaired) electrons. The number of nitrogens with zero attached hydrogens (tertiary/aromatic N) is 2. The van der Waals surface area contributed by atoms with E-state index >= 15 is 0 Å². The molecule has 2 aromatic rings. The van der Waals surface area contributed by atoms with Crippen LogP contribution in [0, 0.1) is 0 Å². The maximum Gasteiger partial charge on any atom is 0.267 e. The van der Waals surface area contributed by atoms with Gasteiger partial charge in [0.05, 0.1) is 5.56 Å². The van der Waals surface area contributed by atoms with E-state index in [1.807, 2.05) is 18.2 Å². The molecular formula is C16H15N3O2. The average molecular weight is 281 g/mol. The van der Waals surface area contributed by atoms with Crippen LogP contribution in [0.15, 0.2) is 42.6 Å². The third-order valence-corrected chi connectivity index (χ3v) is 3.68. The smallest absolute Gasteiger partial charge is 0.267 e. The van der Waals surface area contributed by atoms with Crippen LogP contribution in [-0.2, 0) is 13.0 Å². The summed E-state index contributed by atoms with van der Waals surface area (Å²) in [6.45, 7) is 1.29. The highest BCUT2D eigenvalue weighted by molar-refractivity contribution is 5.95. The van der Waals surface area contributed by atoms with Gasteiger partial charge in [-0.1, -0.05) is 24.3 Å². The molecule has 1 aliphatic heterocycles. The standard InChI is InChI=1S/C16H15N3O2/c17-15(20)14-6-5-12(9-18-14)16(21)19-8-7-11-3-1-2-4-13(11)10-19/h1-6,9H,7-8,10H2,(H2,17,20). The van der Waals surface area contributed by atoms with Crippen LogP contribution in [-0.4, -0.2) is 28.2 Å². The fourth-order valence-corrected chi connectivity index (χ4v) is 2.52. The number of rotatable bonds is 2. The number of aromatic nitrogens is 1. The van der Waals surface area contributed by atoms with Crippen molar-refractivity contribution in [3.63, 3.8) is 0 Å². The normalized spacial score (nSPS) is 13.6. The van der Waals surface area contributed by atoms with Crippen molar-refractivity contribution in [2.75, 3.05) is 6.54 Å². The van der Waals surface area contributed by atoms with E-state index < -0.39 is 5.91 Å². The number of nitrogens with two attached hydrogens (primary N) is 1. The quantitative estimate of drug-likeness (QED) is 0.903. The van der Waals surface area contributed by atoms with Gasteiger partial charge in [-0.3, -0.25) is 14.6 Å². The first-order chi connectivity index (χ1) is 10.1. The molecule has 2 N–H and O–H groups in total. The predicted octanol–water partition coefficient (Wildman–Crippen LogP) is 1.38. The van der Waals surface area contributed by atoms with Gasteiger partial charge in [-0.25, -0.2) is 0 Å². The summed E-state index contributed by atoms with van der Waals surface area (Å²) >= 11 is 0. The Kier molecular flexibility index (Phi) is 3.39. The van der Waals surface area contributed by atoms with Gasteiger partial charge in [-0.05, 0) is 29.7 Å². The number of fused-ring (bicyclic) bond motifs is 1. The van der Waals surface area contributed by atoms with Crippen LogP contribution >= 0.6 is 0 Å². The summed E-state index contributed by atoms with van der Waals surface area (Å²) in [6, 6.07) is 11.2. The number of primary amides is 1. The summed E-state index contributed by atoms with van der Waals surface area (Å²) in [6.07, 6.45) is 2.26. The first-order valence-corrected chi connectivity index (χ1v) is 6.77. The van der Waals surface area contributed by atoms with Crippen molar-refractivity contribution in [2.45, 2.75) is 13.0 Å². The molecule has 0 fully saturated rings. The van der Waals surface area contributed by atoms with Crippen LogP contribution < -0.4 is 5.73 Å². The first kappa shape index (κ1) is 13.3. The molecule has 1 aromatic heterocycles. The summed E-state index contributed by atoms with van der Waals surface area (Å²) in [5, 5.41) is 0. The number of hydrogen-bond acceptors (Lipinski definition) is 3. The average Bonchev–Trinajstić information content (AvgIpc) is 2.54. The summed E-state index contributed by atoms with van der Waals surface area (Å²) in [4.78, 5) is 29.2. The third kappa shape index (κ3) is 2.63. The van der Waals surface area contributed by atoms with E-state index in [-0.39, 0.29) is 11.6 Å². The van der Waals surface area contributed by atoms with Crippen LogP contribution in [0.3, 0.4) is 0 Å². The Hall–Kier alpha value is -2.69. The summed E-state index contributed by atoms with van der Waals surface area (Å²) in [7, 11) is 0. The lowest BCUT2D eigenvalue weighted by Gasteiger charge is -2.28. The van der Waals surface area contributed by atoms with Crippen LogP contribution in [0.1, 0.15) is 32.0 Å². The lowest BCUT2D eigenvalue weighted by molar-refractivity contribution is 0.0733. The molecule has 2 amide bonds. The van der Waals surface area contributed by atoms with Crippen LogP contribution in [0.25, 0.3) is 0 Å². The lowest BCUT2D eigenvalue weighted by Crippen LogP contribution is -2.36. The second-order valence-corrected chi connectivity index (χ2v) is 5.04. The second kappa shape index (κ2) is 5.36. The minimum absolute atomic E-state index is 0.0759. The molecule has 3 rings (SSSR count). The van der Waals surface area contributed by atoms with Gasteiger partial charge < -0.3 is 10.6 Å². The molecule has 0 atom stereocenters. The minimum Gasteiger partial charge on any atom is -0.364 e. The van der Waals surface area contributed by atoms with E-state index in [0.717, 1.165) is 6.42 Å². The zero-order valence-electron chi connectivity index (χ0n) is 11.5. The zero-order valence-corrected chi connectivity index (χ0v) is 11.5. The fourth-order valence-electron chi connectivity index (χ4n) is 2.52. The SMILES string of the molecule is NC(=O)c1ccc(C(=O)N2CCc3ccccc3C2)cn1. The molecule has 0 saturated heterocycles. The molecule has 21 heavy (non-hydrogen) atoms. The molecule has 2 heterocycles.